The van der Waals surface area contributed by atoms with Crippen LogP contribution in [0, 0.1) is 0 Å². The van der Waals surface area contributed by atoms with E-state index in [-0.39, 0.29) is 55.3 Å². The van der Waals surface area contributed by atoms with Crippen LogP contribution in [0.25, 0.3) is 10.8 Å². The van der Waals surface area contributed by atoms with Gasteiger partial charge in [0.25, 0.3) is 11.8 Å². The lowest BCUT2D eigenvalue weighted by molar-refractivity contribution is -0.140. The predicted octanol–water partition coefficient (Wildman–Crippen LogP) is 2.94. The zero-order valence-electron chi connectivity index (χ0n) is 22.8. The summed E-state index contributed by atoms with van der Waals surface area (Å²) in [6.45, 7) is 0.803. The Morgan fingerprint density at radius 2 is 1.65 bits per heavy atom. The van der Waals surface area contributed by atoms with Crippen LogP contribution < -0.4 is 10.1 Å². The quantitative estimate of drug-likeness (QED) is 0.537. The lowest BCUT2D eigenvalue weighted by Gasteiger charge is -2.27. The molecule has 0 spiro atoms. The maximum absolute atomic E-state index is 13.4. The van der Waals surface area contributed by atoms with Crippen LogP contribution in [0.15, 0.2) is 66.7 Å². The molecule has 1 fully saturated rings. The van der Waals surface area contributed by atoms with Crippen LogP contribution in [0.1, 0.15) is 40.0 Å². The number of likely N-dealkylation sites (N-methyl/N-ethyl adjacent to an activating group) is 1. The first kappa shape index (κ1) is 27.2. The van der Waals surface area contributed by atoms with E-state index in [1.165, 1.54) is 4.90 Å². The van der Waals surface area contributed by atoms with Crippen LogP contribution in [0.4, 0.5) is 0 Å². The van der Waals surface area contributed by atoms with Gasteiger partial charge in [-0.3, -0.25) is 19.2 Å². The van der Waals surface area contributed by atoms with Gasteiger partial charge in [0.1, 0.15) is 12.4 Å². The van der Waals surface area contributed by atoms with Crippen molar-refractivity contribution in [2.45, 2.75) is 31.3 Å². The zero-order valence-corrected chi connectivity index (χ0v) is 22.8. The Balaban J connectivity index is 1.36. The lowest BCUT2D eigenvalue weighted by Crippen LogP contribution is -2.46. The van der Waals surface area contributed by atoms with Crippen molar-refractivity contribution in [1.82, 2.24) is 20.0 Å². The van der Waals surface area contributed by atoms with Crippen molar-refractivity contribution in [3.63, 3.8) is 0 Å². The summed E-state index contributed by atoms with van der Waals surface area (Å²) >= 11 is 0. The lowest BCUT2D eigenvalue weighted by atomic mass is 10.1. The van der Waals surface area contributed by atoms with Gasteiger partial charge in [0.05, 0.1) is 18.2 Å². The Hall–Kier alpha value is -4.40. The van der Waals surface area contributed by atoms with Crippen molar-refractivity contribution in [2.75, 3.05) is 40.3 Å². The number of rotatable bonds is 2. The molecule has 40 heavy (non-hydrogen) atoms. The van der Waals surface area contributed by atoms with Gasteiger partial charge in [-0.25, -0.2) is 0 Å². The number of nitrogens with one attached hydrogen (secondary N) is 1. The van der Waals surface area contributed by atoms with E-state index in [0.717, 1.165) is 10.8 Å². The topological polar surface area (TPSA) is 99.3 Å². The predicted molar refractivity (Wildman–Crippen MR) is 151 cm³/mol. The highest BCUT2D eigenvalue weighted by molar-refractivity contribution is 5.99. The van der Waals surface area contributed by atoms with Crippen LogP contribution in [-0.4, -0.2) is 90.7 Å². The number of ether oxygens (including phenoxy) is 1. The molecule has 9 nitrogen and oxygen atoms in total. The summed E-state index contributed by atoms with van der Waals surface area (Å²) in [4.78, 5) is 57.1. The number of fused-ring (bicyclic) bond motifs is 3. The molecule has 208 valence electrons. The number of carbonyl (C=O) groups is 4. The number of hydrogen-bond donors (Lipinski definition) is 1. The summed E-state index contributed by atoms with van der Waals surface area (Å²) in [6.07, 6.45) is 1.20. The fraction of sp³-hybridized carbons (Fsp3) is 0.355. The third kappa shape index (κ3) is 5.93. The SMILES string of the molecule is CN1CC(=O)N2CC(NC(=O)c3ccc4ccccc4c3)CC2COc2ccccc2C(=O)N(C)CCCC1=O. The molecule has 0 radical (unpaired) electrons. The van der Waals surface area contributed by atoms with Gasteiger partial charge in [0.2, 0.25) is 11.8 Å². The second kappa shape index (κ2) is 11.8. The number of amides is 4. The highest BCUT2D eigenvalue weighted by Crippen LogP contribution is 2.25. The Labute approximate surface area is 233 Å². The molecule has 3 aromatic rings. The van der Waals surface area contributed by atoms with E-state index in [1.54, 1.807) is 54.2 Å². The minimum absolute atomic E-state index is 0.0635. The van der Waals surface area contributed by atoms with E-state index in [2.05, 4.69) is 5.32 Å². The summed E-state index contributed by atoms with van der Waals surface area (Å²) < 4.78 is 6.14. The molecule has 2 heterocycles. The average Bonchev–Trinajstić information content (AvgIpc) is 3.37. The summed E-state index contributed by atoms with van der Waals surface area (Å²) in [6, 6.07) is 19.8. The van der Waals surface area contributed by atoms with Crippen molar-refractivity contribution in [2.24, 2.45) is 0 Å². The monoisotopic (exact) mass is 542 g/mol. The van der Waals surface area contributed by atoms with Gasteiger partial charge in [0, 0.05) is 45.2 Å². The van der Waals surface area contributed by atoms with Crippen LogP contribution in [0.5, 0.6) is 5.75 Å². The number of benzene rings is 3. The van der Waals surface area contributed by atoms with E-state index >= 15 is 0 Å². The van der Waals surface area contributed by atoms with Gasteiger partial charge in [0.15, 0.2) is 0 Å². The van der Waals surface area contributed by atoms with Gasteiger partial charge in [-0.15, -0.1) is 0 Å². The molecular formula is C31H34N4O5. The number of para-hydroxylation sites is 1. The molecule has 0 bridgehead atoms. The van der Waals surface area contributed by atoms with Crippen molar-refractivity contribution in [3.05, 3.63) is 77.9 Å². The van der Waals surface area contributed by atoms with Crippen molar-refractivity contribution < 1.29 is 23.9 Å². The van der Waals surface area contributed by atoms with Crippen molar-refractivity contribution in [1.29, 1.82) is 0 Å². The fourth-order valence-corrected chi connectivity index (χ4v) is 5.39. The van der Waals surface area contributed by atoms with Crippen LogP contribution in [0.3, 0.4) is 0 Å². The number of nitrogens with zero attached hydrogens (tertiary/aromatic N) is 3. The summed E-state index contributed by atoms with van der Waals surface area (Å²) in [5.41, 5.74) is 0.980. The van der Waals surface area contributed by atoms with E-state index in [1.807, 2.05) is 36.4 Å². The zero-order chi connectivity index (χ0) is 28.2. The molecule has 2 atom stereocenters. The first-order valence-electron chi connectivity index (χ1n) is 13.6. The summed E-state index contributed by atoms with van der Waals surface area (Å²) in [7, 11) is 3.32. The highest BCUT2D eigenvalue weighted by atomic mass is 16.5. The van der Waals surface area contributed by atoms with E-state index in [0.29, 0.717) is 42.8 Å². The molecule has 2 aliphatic rings. The van der Waals surface area contributed by atoms with Gasteiger partial charge < -0.3 is 24.8 Å². The molecule has 5 rings (SSSR count). The van der Waals surface area contributed by atoms with E-state index in [4.69, 9.17) is 4.74 Å². The fourth-order valence-electron chi connectivity index (χ4n) is 5.39. The van der Waals surface area contributed by atoms with Gasteiger partial charge >= 0.3 is 0 Å². The summed E-state index contributed by atoms with van der Waals surface area (Å²) in [5, 5.41) is 5.11. The van der Waals surface area contributed by atoms with E-state index in [9.17, 15) is 19.2 Å². The molecular weight excluding hydrogens is 508 g/mol. The Bertz CT molecular complexity index is 1440. The second-order valence-electron chi connectivity index (χ2n) is 10.6. The molecule has 3 aromatic carbocycles. The first-order valence-corrected chi connectivity index (χ1v) is 13.6. The second-order valence-corrected chi connectivity index (χ2v) is 10.6. The van der Waals surface area contributed by atoms with Crippen LogP contribution in [0.2, 0.25) is 0 Å². The first-order chi connectivity index (χ1) is 19.3. The molecule has 0 saturated carbocycles. The minimum atomic E-state index is -0.344. The third-order valence-electron chi connectivity index (χ3n) is 7.66. The number of carbonyl (C=O) groups excluding carboxylic acids is 4. The number of hydrogen-bond acceptors (Lipinski definition) is 5. The highest BCUT2D eigenvalue weighted by Gasteiger charge is 2.37. The van der Waals surface area contributed by atoms with Crippen molar-refractivity contribution >= 4 is 34.4 Å². The Kier molecular flexibility index (Phi) is 8.00. The molecule has 1 N–H and O–H groups in total. The molecule has 0 aliphatic carbocycles. The molecule has 4 amide bonds. The van der Waals surface area contributed by atoms with Gasteiger partial charge in [-0.05, 0) is 47.9 Å². The molecule has 0 aromatic heterocycles. The maximum Gasteiger partial charge on any atom is 0.257 e. The third-order valence-corrected chi connectivity index (χ3v) is 7.66. The van der Waals surface area contributed by atoms with Crippen LogP contribution >= 0.6 is 0 Å². The largest absolute Gasteiger partial charge is 0.491 e. The van der Waals surface area contributed by atoms with Crippen LogP contribution in [-0.2, 0) is 9.59 Å². The Morgan fingerprint density at radius 3 is 2.48 bits per heavy atom. The molecule has 1 saturated heterocycles. The average molecular weight is 543 g/mol. The van der Waals surface area contributed by atoms with E-state index < -0.39 is 0 Å². The van der Waals surface area contributed by atoms with Gasteiger partial charge in [-0.1, -0.05) is 42.5 Å². The smallest absolute Gasteiger partial charge is 0.257 e. The van der Waals surface area contributed by atoms with Crippen molar-refractivity contribution in [3.8, 4) is 5.75 Å². The molecule has 2 aliphatic heterocycles. The molecule has 2 unspecified atom stereocenters. The minimum Gasteiger partial charge on any atom is -0.491 e. The van der Waals surface area contributed by atoms with Gasteiger partial charge in [-0.2, -0.15) is 0 Å². The normalized spacial score (nSPS) is 20.9. The maximum atomic E-state index is 13.4. The standard InChI is InChI=1S/C31H34N4O5/c1-33-15-7-12-28(36)34(2)19-29(37)35-18-24(17-25(35)20-40-27-11-6-5-10-26(27)31(33)39)32-30(38)23-14-13-21-8-3-4-9-22(21)16-23/h3-6,8-11,13-14,16,24-25H,7,12,15,17-20H2,1-2H3,(H,32,38). The Morgan fingerprint density at radius 1 is 0.900 bits per heavy atom. The molecule has 9 heteroatoms. The summed E-state index contributed by atoms with van der Waals surface area (Å²) in [5.74, 6) is -0.316.